The summed E-state index contributed by atoms with van der Waals surface area (Å²) in [5, 5.41) is 5.79. The number of fused-ring (bicyclic) bond motifs is 3. The van der Waals surface area contributed by atoms with Crippen molar-refractivity contribution in [2.24, 2.45) is 0 Å². The molecule has 3 aromatic rings. The maximum absolute atomic E-state index is 12.7. The van der Waals surface area contributed by atoms with E-state index in [1.807, 2.05) is 24.3 Å². The van der Waals surface area contributed by atoms with Gasteiger partial charge in [0.2, 0.25) is 0 Å². The number of hydrogen-bond donors (Lipinski definition) is 2. The van der Waals surface area contributed by atoms with Gasteiger partial charge in [-0.2, -0.15) is 0 Å². The third-order valence-electron chi connectivity index (χ3n) is 8.37. The fourth-order valence-corrected chi connectivity index (χ4v) is 6.05. The molecule has 1 atom stereocenters. The summed E-state index contributed by atoms with van der Waals surface area (Å²) in [7, 11) is 1.33. The van der Waals surface area contributed by atoms with Crippen molar-refractivity contribution in [2.45, 2.75) is 44.9 Å². The van der Waals surface area contributed by atoms with Crippen molar-refractivity contribution in [3.05, 3.63) is 95.1 Å². The van der Waals surface area contributed by atoms with E-state index in [1.165, 1.54) is 29.4 Å². The van der Waals surface area contributed by atoms with Gasteiger partial charge in [-0.3, -0.25) is 10.2 Å². The van der Waals surface area contributed by atoms with E-state index < -0.39 is 29.9 Å². The number of rotatable bonds is 9. The number of piperazine rings is 1. The zero-order valence-corrected chi connectivity index (χ0v) is 28.1. The minimum atomic E-state index is -0.661. The second kappa shape index (κ2) is 15.8. The zero-order valence-electron chi connectivity index (χ0n) is 28.1. The number of hydrogen-bond acceptors (Lipinski definition) is 8. The second-order valence-electron chi connectivity index (χ2n) is 12.8. The number of methoxy groups -OCH3 is 1. The predicted octanol–water partition coefficient (Wildman–Crippen LogP) is 5.22. The summed E-state index contributed by atoms with van der Waals surface area (Å²) in [6.07, 6.45) is -0.828. The Hall–Kier alpha value is -4.85. The quantitative estimate of drug-likeness (QED) is 0.140. The Labute approximate surface area is 282 Å². The summed E-state index contributed by atoms with van der Waals surface area (Å²) in [6, 6.07) is 23.5. The van der Waals surface area contributed by atoms with Crippen molar-refractivity contribution in [1.82, 2.24) is 20.4 Å². The molecule has 0 spiro atoms. The molecule has 5 rings (SSSR count). The molecule has 252 valence electrons. The van der Waals surface area contributed by atoms with Crippen LogP contribution in [0.25, 0.3) is 11.1 Å². The van der Waals surface area contributed by atoms with E-state index in [1.54, 1.807) is 45.0 Å². The molecule has 2 amide bonds. The van der Waals surface area contributed by atoms with Crippen molar-refractivity contribution < 1.29 is 28.6 Å². The molecule has 10 heteroatoms. The number of amides is 2. The highest BCUT2D eigenvalue weighted by molar-refractivity contribution is 5.92. The molecule has 10 nitrogen and oxygen atoms in total. The van der Waals surface area contributed by atoms with Crippen LogP contribution in [0.4, 0.5) is 9.59 Å². The number of carbonyl (C=O) groups is 3. The number of nitrogens with zero attached hydrogens (tertiary/aromatic N) is 2. The van der Waals surface area contributed by atoms with Gasteiger partial charge in [0, 0.05) is 44.2 Å². The highest BCUT2D eigenvalue weighted by atomic mass is 16.6. The topological polar surface area (TPSA) is 109 Å². The molecule has 2 N–H and O–H groups in total. The monoisotopic (exact) mass is 652 g/mol. The van der Waals surface area contributed by atoms with E-state index in [4.69, 9.17) is 14.2 Å². The molecule has 1 fully saturated rings. The molecule has 2 aliphatic rings. The Morgan fingerprint density at radius 1 is 0.875 bits per heavy atom. The van der Waals surface area contributed by atoms with Gasteiger partial charge in [-0.1, -0.05) is 72.5 Å². The molecule has 1 heterocycles. The van der Waals surface area contributed by atoms with Crippen LogP contribution in [0.2, 0.25) is 0 Å². The van der Waals surface area contributed by atoms with Gasteiger partial charge in [0.15, 0.2) is 0 Å². The molecule has 0 bridgehead atoms. The molecule has 1 saturated heterocycles. The first-order valence-corrected chi connectivity index (χ1v) is 16.4. The fraction of sp³-hybridized carbons (Fsp3) is 0.395. The molecular weight excluding hydrogens is 608 g/mol. The Morgan fingerprint density at radius 2 is 1.50 bits per heavy atom. The van der Waals surface area contributed by atoms with Crippen LogP contribution < -0.4 is 10.6 Å². The summed E-state index contributed by atoms with van der Waals surface area (Å²) < 4.78 is 16.1. The normalized spacial score (nSPS) is 15.2. The fourth-order valence-electron chi connectivity index (χ4n) is 6.05. The van der Waals surface area contributed by atoms with Gasteiger partial charge in [0.1, 0.15) is 18.4 Å². The predicted molar refractivity (Wildman–Crippen MR) is 184 cm³/mol. The van der Waals surface area contributed by atoms with Crippen molar-refractivity contribution >= 4 is 18.2 Å². The third kappa shape index (κ3) is 8.94. The van der Waals surface area contributed by atoms with Gasteiger partial charge in [0.25, 0.3) is 0 Å². The van der Waals surface area contributed by atoms with Gasteiger partial charge in [-0.15, -0.1) is 0 Å². The van der Waals surface area contributed by atoms with E-state index in [2.05, 4.69) is 56.5 Å². The maximum Gasteiger partial charge on any atom is 0.409 e. The molecule has 1 aliphatic heterocycles. The lowest BCUT2D eigenvalue weighted by atomic mass is 9.98. The van der Waals surface area contributed by atoms with Gasteiger partial charge < -0.3 is 24.4 Å². The number of alkyl carbamates (subject to hydrolysis) is 2. The maximum atomic E-state index is 12.7. The minimum Gasteiger partial charge on any atom is -0.465 e. The van der Waals surface area contributed by atoms with E-state index in [9.17, 15) is 14.4 Å². The van der Waals surface area contributed by atoms with Crippen molar-refractivity contribution in [1.29, 1.82) is 0 Å². The summed E-state index contributed by atoms with van der Waals surface area (Å²) in [4.78, 5) is 41.9. The molecule has 0 radical (unpaired) electrons. The van der Waals surface area contributed by atoms with Crippen molar-refractivity contribution in [2.75, 3.05) is 53.0 Å². The second-order valence-corrected chi connectivity index (χ2v) is 12.8. The van der Waals surface area contributed by atoms with Gasteiger partial charge in [-0.05, 0) is 68.1 Å². The van der Waals surface area contributed by atoms with Crippen molar-refractivity contribution in [3.63, 3.8) is 0 Å². The standard InChI is InChI=1S/C38H44N4O6/c1-38(2,3)48-37(45)40-34(19-18-27-12-5-6-13-28(27)35(43)46-4)42-24-22-41(23-25-42)21-11-20-39-36(44)47-26-33-31-16-9-7-14-29(31)30-15-8-10-17-32(30)33/h5-10,12-17,33-34H,11,20-26H2,1-4H3,(H,39,44)(H,40,45). The average Bonchev–Trinajstić information content (AvgIpc) is 3.40. The summed E-state index contributed by atoms with van der Waals surface area (Å²) in [6.45, 7) is 9.86. The first-order valence-electron chi connectivity index (χ1n) is 16.4. The molecule has 3 aromatic carbocycles. The Balaban J connectivity index is 1.09. The van der Waals surface area contributed by atoms with Crippen LogP contribution in [-0.2, 0) is 14.2 Å². The SMILES string of the molecule is COC(=O)c1ccccc1C#CC(NC(=O)OC(C)(C)C)N1CCN(CCCNC(=O)OCC2c3ccccc3-c3ccccc32)CC1. The third-order valence-corrected chi connectivity index (χ3v) is 8.37. The number of ether oxygens (including phenoxy) is 3. The Morgan fingerprint density at radius 3 is 2.15 bits per heavy atom. The summed E-state index contributed by atoms with van der Waals surface area (Å²) >= 11 is 0. The molecule has 1 aliphatic carbocycles. The Bertz CT molecular complexity index is 1620. The highest BCUT2D eigenvalue weighted by Crippen LogP contribution is 2.44. The van der Waals surface area contributed by atoms with Crippen LogP contribution in [0.3, 0.4) is 0 Å². The van der Waals surface area contributed by atoms with Gasteiger partial charge >= 0.3 is 18.2 Å². The van der Waals surface area contributed by atoms with Crippen molar-refractivity contribution in [3.8, 4) is 23.0 Å². The van der Waals surface area contributed by atoms with Crippen LogP contribution in [0.1, 0.15) is 60.2 Å². The summed E-state index contributed by atoms with van der Waals surface area (Å²) in [5.74, 6) is 5.76. The van der Waals surface area contributed by atoms with Crippen LogP contribution >= 0.6 is 0 Å². The van der Waals surface area contributed by atoms with E-state index in [0.29, 0.717) is 30.8 Å². The van der Waals surface area contributed by atoms with Crippen LogP contribution in [0.15, 0.2) is 72.8 Å². The minimum absolute atomic E-state index is 0.0281. The zero-order chi connectivity index (χ0) is 34.1. The number of benzene rings is 3. The van der Waals surface area contributed by atoms with E-state index >= 15 is 0 Å². The lowest BCUT2D eigenvalue weighted by molar-refractivity contribution is 0.0406. The average molecular weight is 653 g/mol. The molecule has 1 unspecified atom stereocenters. The van der Waals surface area contributed by atoms with Gasteiger partial charge in [-0.25, -0.2) is 14.4 Å². The smallest absolute Gasteiger partial charge is 0.409 e. The largest absolute Gasteiger partial charge is 0.465 e. The van der Waals surface area contributed by atoms with Gasteiger partial charge in [0.05, 0.1) is 12.7 Å². The molecular formula is C38H44N4O6. The van der Waals surface area contributed by atoms with E-state index in [0.717, 1.165) is 26.1 Å². The Kier molecular flexibility index (Phi) is 11.4. The molecule has 48 heavy (non-hydrogen) atoms. The lowest BCUT2D eigenvalue weighted by Crippen LogP contribution is -2.56. The molecule has 0 saturated carbocycles. The van der Waals surface area contributed by atoms with Crippen LogP contribution in [0.5, 0.6) is 0 Å². The summed E-state index contributed by atoms with van der Waals surface area (Å²) in [5.41, 5.74) is 4.99. The van der Waals surface area contributed by atoms with Crippen LogP contribution in [0, 0.1) is 11.8 Å². The lowest BCUT2D eigenvalue weighted by Gasteiger charge is -2.37. The first kappa shape index (κ1) is 34.5. The van der Waals surface area contributed by atoms with Crippen LogP contribution in [-0.4, -0.2) is 92.7 Å². The van der Waals surface area contributed by atoms with E-state index in [-0.39, 0.29) is 12.5 Å². The number of esters is 1. The first-order chi connectivity index (χ1) is 23.1. The number of nitrogens with one attached hydrogen (secondary N) is 2. The number of carbonyl (C=O) groups excluding carboxylic acids is 3. The molecule has 0 aromatic heterocycles. The highest BCUT2D eigenvalue weighted by Gasteiger charge is 2.29.